The lowest BCUT2D eigenvalue weighted by molar-refractivity contribution is 0.181. The van der Waals surface area contributed by atoms with Gasteiger partial charge in [0.15, 0.2) is 0 Å². The molecule has 0 radical (unpaired) electrons. The Bertz CT molecular complexity index is 875. The largest absolute Gasteiger partial charge is 0.382 e. The molecule has 0 spiro atoms. The number of hydrogen-bond donors (Lipinski definition) is 1. The number of anilines is 1. The zero-order valence-corrected chi connectivity index (χ0v) is 15.9. The third kappa shape index (κ3) is 3.49. The highest BCUT2D eigenvalue weighted by atomic mass is 32.2. The van der Waals surface area contributed by atoms with Crippen LogP contribution in [0.15, 0.2) is 53.4 Å². The van der Waals surface area contributed by atoms with E-state index in [1.165, 1.54) is 5.56 Å². The summed E-state index contributed by atoms with van der Waals surface area (Å²) in [5.74, 6) is 0. The van der Waals surface area contributed by atoms with Crippen molar-refractivity contribution in [3.8, 4) is 0 Å². The molecule has 0 saturated carbocycles. The Kier molecular flexibility index (Phi) is 4.73. The fraction of sp³-hybridized carbons (Fsp3) is 0.400. The van der Waals surface area contributed by atoms with Crippen LogP contribution in [0.25, 0.3) is 0 Å². The van der Waals surface area contributed by atoms with Gasteiger partial charge in [-0.05, 0) is 42.7 Å². The van der Waals surface area contributed by atoms with Gasteiger partial charge in [0.25, 0.3) is 0 Å². The molecule has 26 heavy (non-hydrogen) atoms. The van der Waals surface area contributed by atoms with E-state index in [1.54, 1.807) is 10.4 Å². The van der Waals surface area contributed by atoms with Gasteiger partial charge in [0.05, 0.1) is 4.90 Å². The fourth-order valence-corrected chi connectivity index (χ4v) is 5.28. The van der Waals surface area contributed by atoms with E-state index < -0.39 is 10.0 Å². The van der Waals surface area contributed by atoms with Crippen molar-refractivity contribution in [2.75, 3.05) is 31.5 Å². The summed E-state index contributed by atoms with van der Waals surface area (Å²) >= 11 is 0. The molecule has 0 bridgehead atoms. The Morgan fingerprint density at radius 1 is 1.04 bits per heavy atom. The van der Waals surface area contributed by atoms with Crippen LogP contribution in [0.5, 0.6) is 0 Å². The summed E-state index contributed by atoms with van der Waals surface area (Å²) in [4.78, 5) is 2.74. The van der Waals surface area contributed by atoms with E-state index in [0.29, 0.717) is 24.0 Å². The third-order valence-corrected chi connectivity index (χ3v) is 7.12. The predicted octanol–water partition coefficient (Wildman–Crippen LogP) is 2.55. The van der Waals surface area contributed by atoms with Gasteiger partial charge in [0.1, 0.15) is 0 Å². The SMILES string of the molecule is C[C@@H]1Cc2cc(S(=O)(=O)N3CCN(Cc4ccccc4)CC3)ccc2N1. The number of nitrogens with zero attached hydrogens (tertiary/aromatic N) is 2. The number of sulfonamides is 1. The van der Waals surface area contributed by atoms with Crippen molar-refractivity contribution in [3.05, 3.63) is 59.7 Å². The maximum Gasteiger partial charge on any atom is 0.243 e. The molecule has 2 aliphatic heterocycles. The molecule has 0 aromatic heterocycles. The van der Waals surface area contributed by atoms with E-state index in [-0.39, 0.29) is 0 Å². The molecule has 5 nitrogen and oxygen atoms in total. The van der Waals surface area contributed by atoms with Gasteiger partial charge in [-0.2, -0.15) is 4.31 Å². The van der Waals surface area contributed by atoms with E-state index in [0.717, 1.165) is 37.3 Å². The van der Waals surface area contributed by atoms with Crippen LogP contribution < -0.4 is 5.32 Å². The lowest BCUT2D eigenvalue weighted by atomic mass is 10.1. The molecular formula is C20H25N3O2S. The first-order valence-electron chi connectivity index (χ1n) is 9.18. The van der Waals surface area contributed by atoms with E-state index in [9.17, 15) is 8.42 Å². The maximum atomic E-state index is 13.0. The molecular weight excluding hydrogens is 346 g/mol. The monoisotopic (exact) mass is 371 g/mol. The lowest BCUT2D eigenvalue weighted by Crippen LogP contribution is -2.48. The predicted molar refractivity (Wildman–Crippen MR) is 104 cm³/mol. The molecule has 0 amide bonds. The lowest BCUT2D eigenvalue weighted by Gasteiger charge is -2.34. The normalized spacial score (nSPS) is 21.3. The topological polar surface area (TPSA) is 52.7 Å². The van der Waals surface area contributed by atoms with Gasteiger partial charge in [0, 0.05) is 44.5 Å². The summed E-state index contributed by atoms with van der Waals surface area (Å²) < 4.78 is 27.7. The van der Waals surface area contributed by atoms with Crippen molar-refractivity contribution in [1.29, 1.82) is 0 Å². The van der Waals surface area contributed by atoms with Crippen LogP contribution in [0.1, 0.15) is 18.1 Å². The van der Waals surface area contributed by atoms with E-state index in [2.05, 4.69) is 29.3 Å². The Morgan fingerprint density at radius 2 is 1.77 bits per heavy atom. The number of fused-ring (bicyclic) bond motifs is 1. The van der Waals surface area contributed by atoms with Gasteiger partial charge < -0.3 is 5.32 Å². The molecule has 2 aromatic carbocycles. The first-order valence-corrected chi connectivity index (χ1v) is 10.6. The summed E-state index contributed by atoms with van der Waals surface area (Å²) in [7, 11) is -3.42. The molecule has 2 aromatic rings. The van der Waals surface area contributed by atoms with Crippen molar-refractivity contribution >= 4 is 15.7 Å². The minimum Gasteiger partial charge on any atom is -0.382 e. The molecule has 4 rings (SSSR count). The van der Waals surface area contributed by atoms with Crippen molar-refractivity contribution in [1.82, 2.24) is 9.21 Å². The number of benzene rings is 2. The van der Waals surface area contributed by atoms with Crippen molar-refractivity contribution in [2.24, 2.45) is 0 Å². The van der Waals surface area contributed by atoms with Gasteiger partial charge in [0.2, 0.25) is 10.0 Å². The molecule has 2 heterocycles. The minimum absolute atomic E-state index is 0.365. The van der Waals surface area contributed by atoms with Crippen LogP contribution >= 0.6 is 0 Å². The van der Waals surface area contributed by atoms with Crippen LogP contribution in [0.4, 0.5) is 5.69 Å². The van der Waals surface area contributed by atoms with Gasteiger partial charge in [-0.15, -0.1) is 0 Å². The number of rotatable bonds is 4. The molecule has 2 aliphatic rings. The highest BCUT2D eigenvalue weighted by Crippen LogP contribution is 2.29. The smallest absolute Gasteiger partial charge is 0.243 e. The maximum absolute atomic E-state index is 13.0. The van der Waals surface area contributed by atoms with Gasteiger partial charge in [-0.3, -0.25) is 4.90 Å². The summed E-state index contributed by atoms with van der Waals surface area (Å²) in [6.07, 6.45) is 0.879. The summed E-state index contributed by atoms with van der Waals surface area (Å²) in [6.45, 7) is 5.59. The van der Waals surface area contributed by atoms with Crippen molar-refractivity contribution in [3.63, 3.8) is 0 Å². The second-order valence-electron chi connectivity index (χ2n) is 7.23. The Morgan fingerprint density at radius 3 is 2.50 bits per heavy atom. The van der Waals surface area contributed by atoms with E-state index in [4.69, 9.17) is 0 Å². The van der Waals surface area contributed by atoms with Crippen molar-refractivity contribution < 1.29 is 8.42 Å². The molecule has 0 aliphatic carbocycles. The summed E-state index contributed by atoms with van der Waals surface area (Å²) in [6, 6.07) is 16.2. The highest BCUT2D eigenvalue weighted by Gasteiger charge is 2.29. The molecule has 1 N–H and O–H groups in total. The van der Waals surface area contributed by atoms with Crippen LogP contribution in [0, 0.1) is 0 Å². The summed E-state index contributed by atoms with van der Waals surface area (Å²) in [5.41, 5.74) is 3.43. The third-order valence-electron chi connectivity index (χ3n) is 5.22. The average molecular weight is 372 g/mol. The molecule has 0 unspecified atom stereocenters. The Labute approximate surface area is 155 Å². The first-order chi connectivity index (χ1) is 12.5. The molecule has 1 fully saturated rings. The van der Waals surface area contributed by atoms with Crippen LogP contribution in [-0.4, -0.2) is 49.8 Å². The fourth-order valence-electron chi connectivity index (χ4n) is 3.81. The Hall–Kier alpha value is -1.89. The van der Waals surface area contributed by atoms with Gasteiger partial charge in [-0.1, -0.05) is 30.3 Å². The van der Waals surface area contributed by atoms with Crippen LogP contribution in [0.3, 0.4) is 0 Å². The van der Waals surface area contributed by atoms with E-state index >= 15 is 0 Å². The second kappa shape index (κ2) is 7.02. The Balaban J connectivity index is 1.43. The minimum atomic E-state index is -3.42. The molecule has 6 heteroatoms. The standard InChI is InChI=1S/C20H25N3O2S/c1-16-13-18-14-19(7-8-20(18)21-16)26(24,25)23-11-9-22(10-12-23)15-17-5-3-2-4-6-17/h2-8,14,16,21H,9-13,15H2,1H3/t16-/m1/s1. The van der Waals surface area contributed by atoms with Gasteiger partial charge in [-0.25, -0.2) is 8.42 Å². The molecule has 138 valence electrons. The number of piperazine rings is 1. The van der Waals surface area contributed by atoms with Crippen LogP contribution in [0.2, 0.25) is 0 Å². The zero-order chi connectivity index (χ0) is 18.1. The quantitative estimate of drug-likeness (QED) is 0.897. The number of hydrogen-bond acceptors (Lipinski definition) is 4. The second-order valence-corrected chi connectivity index (χ2v) is 9.17. The highest BCUT2D eigenvalue weighted by molar-refractivity contribution is 7.89. The first kappa shape index (κ1) is 17.5. The van der Waals surface area contributed by atoms with Crippen molar-refractivity contribution in [2.45, 2.75) is 30.8 Å². The summed E-state index contributed by atoms with van der Waals surface area (Å²) in [5, 5.41) is 3.37. The number of nitrogens with one attached hydrogen (secondary N) is 1. The van der Waals surface area contributed by atoms with Gasteiger partial charge >= 0.3 is 0 Å². The van der Waals surface area contributed by atoms with E-state index in [1.807, 2.05) is 30.3 Å². The average Bonchev–Trinajstić information content (AvgIpc) is 3.02. The molecule has 1 saturated heterocycles. The van der Waals surface area contributed by atoms with Crippen LogP contribution in [-0.2, 0) is 23.0 Å². The molecule has 1 atom stereocenters. The zero-order valence-electron chi connectivity index (χ0n) is 15.1.